The van der Waals surface area contributed by atoms with Crippen molar-refractivity contribution >= 4 is 11.8 Å². The molecule has 4 heterocycles. The zero-order valence-electron chi connectivity index (χ0n) is 14.7. The van der Waals surface area contributed by atoms with Gasteiger partial charge in [0.05, 0.1) is 12.8 Å². The van der Waals surface area contributed by atoms with Gasteiger partial charge in [-0.3, -0.25) is 4.90 Å². The van der Waals surface area contributed by atoms with Gasteiger partial charge in [0.2, 0.25) is 5.95 Å². The lowest BCUT2D eigenvalue weighted by molar-refractivity contribution is 0.295. The first kappa shape index (κ1) is 16.4. The Morgan fingerprint density at radius 3 is 2.80 bits per heavy atom. The molecule has 0 amide bonds. The van der Waals surface area contributed by atoms with Gasteiger partial charge in [-0.25, -0.2) is 4.98 Å². The maximum Gasteiger partial charge on any atom is 0.224 e. The number of anilines is 2. The average molecular weight is 341 g/mol. The molecule has 0 spiro atoms. The fourth-order valence-electron chi connectivity index (χ4n) is 3.79. The van der Waals surface area contributed by atoms with E-state index in [4.69, 9.17) is 9.40 Å². The number of nitrogens with one attached hydrogen (secondary N) is 1. The summed E-state index contributed by atoms with van der Waals surface area (Å²) in [6.45, 7) is 5.16. The van der Waals surface area contributed by atoms with Crippen LogP contribution in [0.25, 0.3) is 0 Å². The molecule has 1 N–H and O–H groups in total. The van der Waals surface area contributed by atoms with E-state index in [2.05, 4.69) is 20.1 Å². The molecule has 0 bridgehead atoms. The summed E-state index contributed by atoms with van der Waals surface area (Å²) in [4.78, 5) is 14.0. The molecule has 0 saturated carbocycles. The third-order valence-electron chi connectivity index (χ3n) is 5.14. The second kappa shape index (κ2) is 7.87. The van der Waals surface area contributed by atoms with Crippen molar-refractivity contribution in [2.45, 2.75) is 44.7 Å². The molecular formula is C19H27N5O. The molecule has 25 heavy (non-hydrogen) atoms. The van der Waals surface area contributed by atoms with Crippen LogP contribution in [0.5, 0.6) is 0 Å². The van der Waals surface area contributed by atoms with Crippen LogP contribution >= 0.6 is 0 Å². The maximum atomic E-state index is 5.45. The number of furan rings is 1. The van der Waals surface area contributed by atoms with Crippen LogP contribution in [0.3, 0.4) is 0 Å². The van der Waals surface area contributed by atoms with Crippen molar-refractivity contribution in [1.29, 1.82) is 0 Å². The number of rotatable bonds is 5. The normalized spacial score (nSPS) is 22.1. The molecule has 6 nitrogen and oxygen atoms in total. The topological polar surface area (TPSA) is 57.4 Å². The van der Waals surface area contributed by atoms with Crippen LogP contribution < -0.4 is 10.2 Å². The lowest BCUT2D eigenvalue weighted by Crippen LogP contribution is -2.28. The van der Waals surface area contributed by atoms with Gasteiger partial charge in [0.25, 0.3) is 0 Å². The van der Waals surface area contributed by atoms with E-state index in [1.165, 1.54) is 25.7 Å². The van der Waals surface area contributed by atoms with Gasteiger partial charge in [0, 0.05) is 38.4 Å². The minimum absolute atomic E-state index is 0.398. The molecule has 4 rings (SSSR count). The Labute approximate surface area is 149 Å². The highest BCUT2D eigenvalue weighted by atomic mass is 16.3. The van der Waals surface area contributed by atoms with Gasteiger partial charge in [-0.15, -0.1) is 0 Å². The summed E-state index contributed by atoms with van der Waals surface area (Å²) < 4.78 is 5.45. The lowest BCUT2D eigenvalue weighted by Gasteiger charge is -2.22. The summed E-state index contributed by atoms with van der Waals surface area (Å²) >= 11 is 0. The van der Waals surface area contributed by atoms with Gasteiger partial charge in [-0.2, -0.15) is 4.98 Å². The minimum atomic E-state index is 0.398. The fraction of sp³-hybridized carbons (Fsp3) is 0.579. The van der Waals surface area contributed by atoms with Crippen LogP contribution in [-0.2, 0) is 6.54 Å². The third-order valence-corrected chi connectivity index (χ3v) is 5.14. The molecule has 134 valence electrons. The highest BCUT2D eigenvalue weighted by Crippen LogP contribution is 2.20. The van der Waals surface area contributed by atoms with Crippen molar-refractivity contribution in [3.05, 3.63) is 36.4 Å². The molecule has 6 heteroatoms. The van der Waals surface area contributed by atoms with Crippen LogP contribution in [0.15, 0.2) is 35.1 Å². The predicted octanol–water partition coefficient (Wildman–Crippen LogP) is 3.14. The third kappa shape index (κ3) is 4.31. The van der Waals surface area contributed by atoms with Gasteiger partial charge in [0.15, 0.2) is 0 Å². The SMILES string of the molecule is c1coc(CN2CCC(Nc3nccc(N4CCCCCC4)n3)C2)c1. The molecule has 0 aromatic carbocycles. The molecule has 2 aromatic heterocycles. The van der Waals surface area contributed by atoms with E-state index in [1.54, 1.807) is 6.26 Å². The summed E-state index contributed by atoms with van der Waals surface area (Å²) in [6, 6.07) is 6.42. The summed E-state index contributed by atoms with van der Waals surface area (Å²) in [5.41, 5.74) is 0. The molecular weight excluding hydrogens is 314 g/mol. The van der Waals surface area contributed by atoms with E-state index < -0.39 is 0 Å². The average Bonchev–Trinajstić information content (AvgIpc) is 3.21. The van der Waals surface area contributed by atoms with E-state index in [0.29, 0.717) is 6.04 Å². The van der Waals surface area contributed by atoms with Crippen LogP contribution in [0.2, 0.25) is 0 Å². The molecule has 1 atom stereocenters. The van der Waals surface area contributed by atoms with Crippen molar-refractivity contribution in [2.24, 2.45) is 0 Å². The Hall–Kier alpha value is -2.08. The van der Waals surface area contributed by atoms with E-state index in [-0.39, 0.29) is 0 Å². The van der Waals surface area contributed by atoms with E-state index >= 15 is 0 Å². The molecule has 2 aliphatic heterocycles. The Bertz CT molecular complexity index is 652. The zero-order chi connectivity index (χ0) is 16.9. The Morgan fingerprint density at radius 2 is 2.00 bits per heavy atom. The van der Waals surface area contributed by atoms with Gasteiger partial charge in [-0.1, -0.05) is 12.8 Å². The standard InChI is InChI=1S/C19H27N5O/c1-2-4-11-24(10-3-1)18-7-9-20-19(22-18)21-16-8-12-23(14-16)15-17-6-5-13-25-17/h5-7,9,13,16H,1-4,8,10-12,14-15H2,(H,20,21,22). The summed E-state index contributed by atoms with van der Waals surface area (Å²) in [6.07, 6.45) is 9.92. The van der Waals surface area contributed by atoms with E-state index in [1.807, 2.05) is 24.4 Å². The zero-order valence-corrected chi connectivity index (χ0v) is 14.7. The van der Waals surface area contributed by atoms with Crippen LogP contribution in [-0.4, -0.2) is 47.1 Å². The van der Waals surface area contributed by atoms with Gasteiger partial charge in [-0.05, 0) is 37.5 Å². The van der Waals surface area contributed by atoms with Gasteiger partial charge in [0.1, 0.15) is 11.6 Å². The number of hydrogen-bond donors (Lipinski definition) is 1. The monoisotopic (exact) mass is 341 g/mol. The largest absolute Gasteiger partial charge is 0.468 e. The number of likely N-dealkylation sites (tertiary alicyclic amines) is 1. The first-order chi connectivity index (χ1) is 12.4. The molecule has 2 aliphatic rings. The summed E-state index contributed by atoms with van der Waals surface area (Å²) in [5.74, 6) is 2.84. The molecule has 2 fully saturated rings. The quantitative estimate of drug-likeness (QED) is 0.902. The van der Waals surface area contributed by atoms with Crippen molar-refractivity contribution in [3.8, 4) is 0 Å². The Balaban J connectivity index is 1.34. The smallest absolute Gasteiger partial charge is 0.224 e. The van der Waals surface area contributed by atoms with Crippen molar-refractivity contribution in [2.75, 3.05) is 36.4 Å². The van der Waals surface area contributed by atoms with E-state index in [0.717, 1.165) is 56.7 Å². The molecule has 1 unspecified atom stereocenters. The second-order valence-electron chi connectivity index (χ2n) is 7.08. The Kier molecular flexibility index (Phi) is 5.16. The van der Waals surface area contributed by atoms with Crippen LogP contribution in [0.4, 0.5) is 11.8 Å². The first-order valence-electron chi connectivity index (χ1n) is 9.46. The highest BCUT2D eigenvalue weighted by molar-refractivity contribution is 5.43. The molecule has 0 aliphatic carbocycles. The Morgan fingerprint density at radius 1 is 1.12 bits per heavy atom. The van der Waals surface area contributed by atoms with Crippen molar-refractivity contribution in [1.82, 2.24) is 14.9 Å². The van der Waals surface area contributed by atoms with Crippen molar-refractivity contribution < 1.29 is 4.42 Å². The number of hydrogen-bond acceptors (Lipinski definition) is 6. The predicted molar refractivity (Wildman–Crippen MR) is 98.7 cm³/mol. The summed E-state index contributed by atoms with van der Waals surface area (Å²) in [5, 5.41) is 3.52. The van der Waals surface area contributed by atoms with Crippen LogP contribution in [0.1, 0.15) is 37.9 Å². The second-order valence-corrected chi connectivity index (χ2v) is 7.08. The maximum absolute atomic E-state index is 5.45. The highest BCUT2D eigenvalue weighted by Gasteiger charge is 2.24. The lowest BCUT2D eigenvalue weighted by atomic mass is 10.2. The van der Waals surface area contributed by atoms with Crippen molar-refractivity contribution in [3.63, 3.8) is 0 Å². The molecule has 0 radical (unpaired) electrons. The summed E-state index contributed by atoms with van der Waals surface area (Å²) in [7, 11) is 0. The molecule has 2 saturated heterocycles. The van der Waals surface area contributed by atoms with E-state index in [9.17, 15) is 0 Å². The fourth-order valence-corrected chi connectivity index (χ4v) is 3.79. The minimum Gasteiger partial charge on any atom is -0.468 e. The molecule has 2 aromatic rings. The van der Waals surface area contributed by atoms with Gasteiger partial charge >= 0.3 is 0 Å². The van der Waals surface area contributed by atoms with Crippen LogP contribution in [0, 0.1) is 0 Å². The first-order valence-corrected chi connectivity index (χ1v) is 9.46. The number of aromatic nitrogens is 2. The number of nitrogens with zero attached hydrogens (tertiary/aromatic N) is 4. The van der Waals surface area contributed by atoms with Gasteiger partial charge < -0.3 is 14.6 Å².